The molecular formula is C18H20N2O3S2. The number of fused-ring (bicyclic) bond motifs is 1. The average molecular weight is 377 g/mol. The topological polar surface area (TPSA) is 64.5 Å². The number of ether oxygens (including phenoxy) is 2. The zero-order chi connectivity index (χ0) is 17.8. The van der Waals surface area contributed by atoms with Gasteiger partial charge in [-0.05, 0) is 43.7 Å². The van der Waals surface area contributed by atoms with Gasteiger partial charge >= 0.3 is 0 Å². The number of aliphatic hydroxyl groups is 1. The zero-order valence-corrected chi connectivity index (χ0v) is 16.0. The van der Waals surface area contributed by atoms with Gasteiger partial charge in [0.25, 0.3) is 0 Å². The molecule has 0 spiro atoms. The van der Waals surface area contributed by atoms with E-state index in [1.165, 1.54) is 22.2 Å². The van der Waals surface area contributed by atoms with Crippen LogP contribution in [-0.2, 0) is 0 Å². The van der Waals surface area contributed by atoms with E-state index in [0.717, 1.165) is 21.0 Å². The molecular weight excluding hydrogens is 356 g/mol. The molecule has 25 heavy (non-hydrogen) atoms. The minimum Gasteiger partial charge on any atom is -0.497 e. The summed E-state index contributed by atoms with van der Waals surface area (Å²) in [5.41, 5.74) is 1.21. The van der Waals surface area contributed by atoms with E-state index in [1.54, 1.807) is 24.8 Å². The predicted octanol–water partition coefficient (Wildman–Crippen LogP) is 3.85. The van der Waals surface area contributed by atoms with Crippen LogP contribution in [0.25, 0.3) is 10.2 Å². The molecule has 7 heteroatoms. The second-order valence-corrected chi connectivity index (χ2v) is 7.81. The van der Waals surface area contributed by atoms with Crippen molar-refractivity contribution in [3.63, 3.8) is 0 Å². The number of benzene rings is 1. The molecule has 0 aliphatic carbocycles. The van der Waals surface area contributed by atoms with Crippen molar-refractivity contribution in [3.05, 3.63) is 41.0 Å². The SMILES string of the molecule is COc1ccc(OC[C@H](O)CSc2ncnc3sc(C)c(C)c23)cc1. The molecule has 2 heterocycles. The van der Waals surface area contributed by atoms with Crippen LogP contribution in [0.2, 0.25) is 0 Å². The van der Waals surface area contributed by atoms with Gasteiger partial charge in [-0.25, -0.2) is 9.97 Å². The number of methoxy groups -OCH3 is 1. The maximum Gasteiger partial charge on any atom is 0.128 e. The summed E-state index contributed by atoms with van der Waals surface area (Å²) in [6, 6.07) is 7.31. The lowest BCUT2D eigenvalue weighted by Gasteiger charge is -2.12. The Kier molecular flexibility index (Phi) is 5.78. The average Bonchev–Trinajstić information content (AvgIpc) is 2.93. The zero-order valence-electron chi connectivity index (χ0n) is 14.4. The minimum atomic E-state index is -0.586. The summed E-state index contributed by atoms with van der Waals surface area (Å²) in [6.07, 6.45) is 0.998. The van der Waals surface area contributed by atoms with Crippen molar-refractivity contribution in [1.29, 1.82) is 0 Å². The van der Waals surface area contributed by atoms with Gasteiger partial charge in [0.15, 0.2) is 0 Å². The van der Waals surface area contributed by atoms with E-state index < -0.39 is 6.10 Å². The third-order valence-corrected chi connectivity index (χ3v) is 6.09. The first-order chi connectivity index (χ1) is 12.1. The van der Waals surface area contributed by atoms with Crippen LogP contribution < -0.4 is 9.47 Å². The summed E-state index contributed by atoms with van der Waals surface area (Å²) in [7, 11) is 1.62. The Morgan fingerprint density at radius 1 is 1.16 bits per heavy atom. The van der Waals surface area contributed by atoms with Crippen molar-refractivity contribution in [2.24, 2.45) is 0 Å². The predicted molar refractivity (Wildman–Crippen MR) is 102 cm³/mol. The Morgan fingerprint density at radius 2 is 1.88 bits per heavy atom. The summed E-state index contributed by atoms with van der Waals surface area (Å²) in [6.45, 7) is 4.41. The third kappa shape index (κ3) is 4.23. The standard InChI is InChI=1S/C18H20N2O3S2/c1-11-12(2)25-18-16(11)17(19-10-20-18)24-9-13(21)8-23-15-6-4-14(22-3)5-7-15/h4-7,10,13,21H,8-9H2,1-3H3/t13-/m0/s1. The van der Waals surface area contributed by atoms with E-state index in [0.29, 0.717) is 11.5 Å². The number of thiophene rings is 1. The van der Waals surface area contributed by atoms with Gasteiger partial charge in [0.1, 0.15) is 34.3 Å². The molecule has 5 nitrogen and oxygen atoms in total. The molecule has 0 radical (unpaired) electrons. The highest BCUT2D eigenvalue weighted by Gasteiger charge is 2.14. The van der Waals surface area contributed by atoms with Crippen molar-refractivity contribution in [2.45, 2.75) is 25.0 Å². The first kappa shape index (κ1) is 18.0. The van der Waals surface area contributed by atoms with Gasteiger partial charge in [-0.15, -0.1) is 23.1 Å². The molecule has 2 aromatic heterocycles. The molecule has 0 unspecified atom stereocenters. The first-order valence-electron chi connectivity index (χ1n) is 7.87. The number of thioether (sulfide) groups is 1. The van der Waals surface area contributed by atoms with Gasteiger partial charge in [0.2, 0.25) is 0 Å². The molecule has 0 aliphatic heterocycles. The summed E-state index contributed by atoms with van der Waals surface area (Å²) >= 11 is 3.21. The third-order valence-electron chi connectivity index (χ3n) is 3.84. The fraction of sp³-hybridized carbons (Fsp3) is 0.333. The van der Waals surface area contributed by atoms with Crippen LogP contribution in [0.5, 0.6) is 11.5 Å². The van der Waals surface area contributed by atoms with Crippen LogP contribution in [0.1, 0.15) is 10.4 Å². The Bertz CT molecular complexity index is 849. The second kappa shape index (κ2) is 8.03. The highest BCUT2D eigenvalue weighted by atomic mass is 32.2. The smallest absolute Gasteiger partial charge is 0.128 e. The minimum absolute atomic E-state index is 0.231. The summed E-state index contributed by atoms with van der Waals surface area (Å²) in [5, 5.41) is 12.2. The van der Waals surface area contributed by atoms with E-state index in [4.69, 9.17) is 9.47 Å². The summed E-state index contributed by atoms with van der Waals surface area (Å²) in [5.74, 6) is 1.99. The molecule has 0 saturated heterocycles. The van der Waals surface area contributed by atoms with E-state index in [1.807, 2.05) is 24.3 Å². The molecule has 3 aromatic rings. The number of hydrogen-bond donors (Lipinski definition) is 1. The van der Waals surface area contributed by atoms with Gasteiger partial charge in [0.05, 0.1) is 13.2 Å². The number of aryl methyl sites for hydroxylation is 2. The van der Waals surface area contributed by atoms with Crippen LogP contribution >= 0.6 is 23.1 Å². The molecule has 1 atom stereocenters. The van der Waals surface area contributed by atoms with Crippen molar-refractivity contribution in [1.82, 2.24) is 9.97 Å². The first-order valence-corrected chi connectivity index (χ1v) is 9.67. The largest absolute Gasteiger partial charge is 0.497 e. The molecule has 0 aliphatic rings. The fourth-order valence-corrected chi connectivity index (χ4v) is 4.37. The normalized spacial score (nSPS) is 12.3. The van der Waals surface area contributed by atoms with E-state index in [2.05, 4.69) is 23.8 Å². The van der Waals surface area contributed by atoms with Crippen molar-refractivity contribution in [3.8, 4) is 11.5 Å². The van der Waals surface area contributed by atoms with E-state index in [9.17, 15) is 5.11 Å². The Morgan fingerprint density at radius 3 is 2.60 bits per heavy atom. The second-order valence-electron chi connectivity index (χ2n) is 5.59. The molecule has 0 amide bonds. The van der Waals surface area contributed by atoms with Crippen LogP contribution in [0.4, 0.5) is 0 Å². The van der Waals surface area contributed by atoms with Gasteiger partial charge in [-0.3, -0.25) is 0 Å². The van der Waals surface area contributed by atoms with Crippen LogP contribution in [0.3, 0.4) is 0 Å². The maximum atomic E-state index is 10.2. The summed E-state index contributed by atoms with van der Waals surface area (Å²) < 4.78 is 10.7. The lowest BCUT2D eigenvalue weighted by Crippen LogP contribution is -2.20. The molecule has 3 rings (SSSR count). The lowest BCUT2D eigenvalue weighted by atomic mass is 10.2. The molecule has 0 fully saturated rings. The van der Waals surface area contributed by atoms with Gasteiger partial charge in [-0.2, -0.15) is 0 Å². The molecule has 0 saturated carbocycles. The quantitative estimate of drug-likeness (QED) is 0.499. The van der Waals surface area contributed by atoms with E-state index >= 15 is 0 Å². The molecule has 0 bridgehead atoms. The molecule has 1 aromatic carbocycles. The Balaban J connectivity index is 1.58. The van der Waals surface area contributed by atoms with E-state index in [-0.39, 0.29) is 6.61 Å². The lowest BCUT2D eigenvalue weighted by molar-refractivity contribution is 0.126. The Labute approximate surface area is 155 Å². The van der Waals surface area contributed by atoms with Gasteiger partial charge in [0, 0.05) is 16.0 Å². The van der Waals surface area contributed by atoms with Crippen LogP contribution in [0.15, 0.2) is 35.6 Å². The number of aliphatic hydroxyl groups excluding tert-OH is 1. The molecule has 132 valence electrons. The summed E-state index contributed by atoms with van der Waals surface area (Å²) in [4.78, 5) is 11.0. The van der Waals surface area contributed by atoms with Crippen molar-refractivity contribution < 1.29 is 14.6 Å². The monoisotopic (exact) mass is 376 g/mol. The van der Waals surface area contributed by atoms with Crippen molar-refractivity contribution >= 4 is 33.3 Å². The van der Waals surface area contributed by atoms with Crippen molar-refractivity contribution in [2.75, 3.05) is 19.5 Å². The fourth-order valence-electron chi connectivity index (χ4n) is 2.35. The molecule has 1 N–H and O–H groups in total. The number of nitrogens with zero attached hydrogens (tertiary/aromatic N) is 2. The van der Waals surface area contributed by atoms with Crippen LogP contribution in [-0.4, -0.2) is 40.6 Å². The van der Waals surface area contributed by atoms with Gasteiger partial charge < -0.3 is 14.6 Å². The highest BCUT2D eigenvalue weighted by molar-refractivity contribution is 7.99. The number of hydrogen-bond acceptors (Lipinski definition) is 7. The number of aromatic nitrogens is 2. The number of rotatable bonds is 7. The highest BCUT2D eigenvalue weighted by Crippen LogP contribution is 2.34. The van der Waals surface area contributed by atoms with Crippen LogP contribution in [0, 0.1) is 13.8 Å². The van der Waals surface area contributed by atoms with Gasteiger partial charge in [-0.1, -0.05) is 0 Å². The Hall–Kier alpha value is -1.83. The maximum absolute atomic E-state index is 10.2.